The summed E-state index contributed by atoms with van der Waals surface area (Å²) in [5, 5.41) is 3.63. The molecular formula is C32H38ClN3O2. The number of unbranched alkanes of at least 4 members (excludes halogenated alkanes) is 3. The summed E-state index contributed by atoms with van der Waals surface area (Å²) in [6, 6.07) is 23.8. The van der Waals surface area contributed by atoms with E-state index in [0.717, 1.165) is 62.2 Å². The molecule has 38 heavy (non-hydrogen) atoms. The predicted octanol–water partition coefficient (Wildman–Crippen LogP) is 7.82. The van der Waals surface area contributed by atoms with Crippen molar-refractivity contribution in [1.29, 1.82) is 0 Å². The lowest BCUT2D eigenvalue weighted by atomic mass is 10.0. The number of hydrogen-bond acceptors (Lipinski definition) is 3. The van der Waals surface area contributed by atoms with Gasteiger partial charge in [-0.2, -0.15) is 0 Å². The van der Waals surface area contributed by atoms with Crippen LogP contribution in [0.5, 0.6) is 5.75 Å². The van der Waals surface area contributed by atoms with Crippen LogP contribution in [0.1, 0.15) is 73.6 Å². The summed E-state index contributed by atoms with van der Waals surface area (Å²) in [4.78, 5) is 17.2. The van der Waals surface area contributed by atoms with Crippen LogP contribution in [0.15, 0.2) is 72.8 Å². The van der Waals surface area contributed by atoms with E-state index in [1.54, 1.807) is 24.3 Å². The first kappa shape index (κ1) is 27.7. The van der Waals surface area contributed by atoms with Crippen LogP contribution in [0.25, 0.3) is 11.0 Å². The van der Waals surface area contributed by atoms with Crippen LogP contribution in [0.2, 0.25) is 5.02 Å². The summed E-state index contributed by atoms with van der Waals surface area (Å²) in [6.07, 6.45) is 5.97. The smallest absolute Gasteiger partial charge is 0.251 e. The number of carbonyl (C=O) groups is 1. The van der Waals surface area contributed by atoms with E-state index in [0.29, 0.717) is 29.7 Å². The van der Waals surface area contributed by atoms with Gasteiger partial charge in [-0.15, -0.1) is 0 Å². The van der Waals surface area contributed by atoms with Gasteiger partial charge in [-0.25, -0.2) is 4.98 Å². The first-order valence-corrected chi connectivity index (χ1v) is 14.1. The highest BCUT2D eigenvalue weighted by Crippen LogP contribution is 2.20. The van der Waals surface area contributed by atoms with Gasteiger partial charge in [-0.3, -0.25) is 4.79 Å². The van der Waals surface area contributed by atoms with E-state index in [-0.39, 0.29) is 5.91 Å². The maximum Gasteiger partial charge on any atom is 0.251 e. The normalized spacial score (nSPS) is 11.3. The van der Waals surface area contributed by atoms with E-state index in [2.05, 4.69) is 66.2 Å². The Hall–Kier alpha value is -3.31. The number of nitrogens with one attached hydrogen (secondary N) is 1. The van der Waals surface area contributed by atoms with Crippen LogP contribution in [-0.4, -0.2) is 28.6 Å². The Kier molecular flexibility index (Phi) is 10.2. The highest BCUT2D eigenvalue weighted by molar-refractivity contribution is 6.30. The number of aromatic nitrogens is 2. The zero-order chi connectivity index (χ0) is 26.7. The minimum atomic E-state index is -0.0555. The minimum Gasteiger partial charge on any atom is -0.494 e. The third kappa shape index (κ3) is 7.84. The molecule has 0 aliphatic carbocycles. The molecule has 0 aliphatic heterocycles. The number of hydrogen-bond donors (Lipinski definition) is 1. The monoisotopic (exact) mass is 531 g/mol. The van der Waals surface area contributed by atoms with Crippen molar-refractivity contribution in [1.82, 2.24) is 14.9 Å². The van der Waals surface area contributed by atoms with Crippen molar-refractivity contribution in [3.8, 4) is 5.75 Å². The van der Waals surface area contributed by atoms with Gasteiger partial charge in [0, 0.05) is 30.1 Å². The molecule has 1 aromatic heterocycles. The standard InChI is InChI=1S/C32H38ClN3O2/c1-24(2)25-15-19-28(20-16-25)38-23-9-8-22-36-30-11-6-5-10-29(30)35-31(36)12-4-3-7-21-34-32(37)26-13-17-27(33)18-14-26/h5-6,10-11,13-20,24H,3-4,7-9,12,21-23H2,1-2H3,(H,34,37). The predicted molar refractivity (Wildman–Crippen MR) is 156 cm³/mol. The summed E-state index contributed by atoms with van der Waals surface area (Å²) < 4.78 is 8.34. The molecule has 0 spiro atoms. The topological polar surface area (TPSA) is 56.1 Å². The summed E-state index contributed by atoms with van der Waals surface area (Å²) in [5.41, 5.74) is 4.22. The molecule has 1 amide bonds. The van der Waals surface area contributed by atoms with Crippen molar-refractivity contribution in [2.24, 2.45) is 0 Å². The van der Waals surface area contributed by atoms with Gasteiger partial charge in [-0.1, -0.05) is 56.1 Å². The zero-order valence-electron chi connectivity index (χ0n) is 22.5. The zero-order valence-corrected chi connectivity index (χ0v) is 23.2. The van der Waals surface area contributed by atoms with E-state index < -0.39 is 0 Å². The number of nitrogens with zero attached hydrogens (tertiary/aromatic N) is 2. The second-order valence-corrected chi connectivity index (χ2v) is 10.5. The van der Waals surface area contributed by atoms with Crippen molar-refractivity contribution in [2.45, 2.75) is 64.8 Å². The molecule has 0 unspecified atom stereocenters. The van der Waals surface area contributed by atoms with Gasteiger partial charge < -0.3 is 14.6 Å². The largest absolute Gasteiger partial charge is 0.494 e. The lowest BCUT2D eigenvalue weighted by Gasteiger charge is -2.11. The van der Waals surface area contributed by atoms with Gasteiger partial charge >= 0.3 is 0 Å². The molecule has 1 heterocycles. The quantitative estimate of drug-likeness (QED) is 0.169. The molecule has 4 aromatic rings. The number of benzene rings is 3. The van der Waals surface area contributed by atoms with Gasteiger partial charge in [0.05, 0.1) is 17.6 Å². The molecule has 0 bridgehead atoms. The first-order valence-electron chi connectivity index (χ1n) is 13.7. The third-order valence-corrected chi connectivity index (χ3v) is 7.05. The number of carbonyl (C=O) groups excluding carboxylic acids is 1. The van der Waals surface area contributed by atoms with Crippen molar-refractivity contribution in [2.75, 3.05) is 13.2 Å². The molecule has 200 valence electrons. The maximum atomic E-state index is 12.2. The summed E-state index contributed by atoms with van der Waals surface area (Å²) in [6.45, 7) is 6.72. The van der Waals surface area contributed by atoms with Crippen molar-refractivity contribution in [3.63, 3.8) is 0 Å². The van der Waals surface area contributed by atoms with Crippen LogP contribution in [-0.2, 0) is 13.0 Å². The lowest BCUT2D eigenvalue weighted by molar-refractivity contribution is 0.0953. The van der Waals surface area contributed by atoms with E-state index in [1.807, 2.05) is 6.07 Å². The molecular weight excluding hydrogens is 494 g/mol. The second-order valence-electron chi connectivity index (χ2n) is 10.0. The second kappa shape index (κ2) is 14.0. The van der Waals surface area contributed by atoms with Crippen LogP contribution in [0.3, 0.4) is 0 Å². The Labute approximate surface area is 231 Å². The van der Waals surface area contributed by atoms with Crippen molar-refractivity contribution >= 4 is 28.5 Å². The molecule has 0 saturated heterocycles. The summed E-state index contributed by atoms with van der Waals surface area (Å²) in [5.74, 6) is 2.55. The van der Waals surface area contributed by atoms with Crippen LogP contribution < -0.4 is 10.1 Å². The lowest BCUT2D eigenvalue weighted by Crippen LogP contribution is -2.24. The number of ether oxygens (including phenoxy) is 1. The molecule has 0 fully saturated rings. The van der Waals surface area contributed by atoms with E-state index in [1.165, 1.54) is 11.1 Å². The van der Waals surface area contributed by atoms with Crippen LogP contribution in [0.4, 0.5) is 0 Å². The maximum absolute atomic E-state index is 12.2. The highest BCUT2D eigenvalue weighted by atomic mass is 35.5. The molecule has 5 nitrogen and oxygen atoms in total. The number of aryl methyl sites for hydroxylation is 2. The molecule has 1 N–H and O–H groups in total. The average molecular weight is 532 g/mol. The number of para-hydroxylation sites is 2. The van der Waals surface area contributed by atoms with Crippen molar-refractivity contribution in [3.05, 3.63) is 94.8 Å². The highest BCUT2D eigenvalue weighted by Gasteiger charge is 2.10. The SMILES string of the molecule is CC(C)c1ccc(OCCCCn2c(CCCCCNC(=O)c3ccc(Cl)cc3)nc3ccccc32)cc1. The van der Waals surface area contributed by atoms with Gasteiger partial charge in [0.1, 0.15) is 11.6 Å². The van der Waals surface area contributed by atoms with Crippen LogP contribution >= 0.6 is 11.6 Å². The fourth-order valence-electron chi connectivity index (χ4n) is 4.57. The molecule has 4 rings (SSSR count). The number of rotatable bonds is 14. The van der Waals surface area contributed by atoms with Crippen LogP contribution in [0, 0.1) is 0 Å². The Morgan fingerprint density at radius 3 is 2.45 bits per heavy atom. The minimum absolute atomic E-state index is 0.0555. The molecule has 0 aliphatic rings. The molecule has 6 heteroatoms. The molecule has 3 aromatic carbocycles. The Bertz CT molecular complexity index is 1300. The van der Waals surface area contributed by atoms with E-state index >= 15 is 0 Å². The number of fused-ring (bicyclic) bond motifs is 1. The van der Waals surface area contributed by atoms with E-state index in [9.17, 15) is 4.79 Å². The Morgan fingerprint density at radius 1 is 0.921 bits per heavy atom. The average Bonchev–Trinajstić information content (AvgIpc) is 3.28. The van der Waals surface area contributed by atoms with Crippen molar-refractivity contribution < 1.29 is 9.53 Å². The summed E-state index contributed by atoms with van der Waals surface area (Å²) in [7, 11) is 0. The first-order chi connectivity index (χ1) is 18.5. The Balaban J connectivity index is 1.20. The number of amides is 1. The number of halogens is 1. The summed E-state index contributed by atoms with van der Waals surface area (Å²) >= 11 is 5.90. The van der Waals surface area contributed by atoms with Gasteiger partial charge in [0.2, 0.25) is 0 Å². The van der Waals surface area contributed by atoms with Gasteiger partial charge in [0.25, 0.3) is 5.91 Å². The fraction of sp³-hybridized carbons (Fsp3) is 0.375. The van der Waals surface area contributed by atoms with Gasteiger partial charge in [0.15, 0.2) is 0 Å². The molecule has 0 atom stereocenters. The van der Waals surface area contributed by atoms with E-state index in [4.69, 9.17) is 21.3 Å². The number of imidazole rings is 1. The molecule has 0 saturated carbocycles. The Morgan fingerprint density at radius 2 is 1.68 bits per heavy atom. The third-order valence-electron chi connectivity index (χ3n) is 6.79. The molecule has 0 radical (unpaired) electrons. The van der Waals surface area contributed by atoms with Gasteiger partial charge in [-0.05, 0) is 85.7 Å². The fourth-order valence-corrected chi connectivity index (χ4v) is 4.69.